The fourth-order valence-corrected chi connectivity index (χ4v) is 2.48. The summed E-state index contributed by atoms with van der Waals surface area (Å²) in [5, 5.41) is 9.54. The lowest BCUT2D eigenvalue weighted by molar-refractivity contribution is -0.130. The van der Waals surface area contributed by atoms with Crippen LogP contribution in [-0.4, -0.2) is 17.9 Å². The second-order valence-corrected chi connectivity index (χ2v) is 5.75. The van der Waals surface area contributed by atoms with Crippen molar-refractivity contribution in [2.45, 2.75) is 19.8 Å². The predicted molar refractivity (Wildman–Crippen MR) is 88.6 cm³/mol. The van der Waals surface area contributed by atoms with Gasteiger partial charge in [-0.15, -0.1) is 0 Å². The number of benzene rings is 2. The van der Waals surface area contributed by atoms with Gasteiger partial charge in [0.15, 0.2) is 11.5 Å². The minimum Gasteiger partial charge on any atom is -0.478 e. The monoisotopic (exact) mass is 310 g/mol. The van der Waals surface area contributed by atoms with Crippen LogP contribution in [0.25, 0.3) is 11.6 Å². The maximum Gasteiger partial charge on any atom is 0.336 e. The van der Waals surface area contributed by atoms with Crippen LogP contribution in [-0.2, 0) is 4.79 Å². The van der Waals surface area contributed by atoms with Crippen LogP contribution in [0.15, 0.2) is 42.5 Å². The summed E-state index contributed by atoms with van der Waals surface area (Å²) in [7, 11) is 0. The molecular formula is C19H18O4. The van der Waals surface area contributed by atoms with E-state index in [2.05, 4.69) is 13.8 Å². The highest BCUT2D eigenvalue weighted by molar-refractivity contribution is 6.20. The quantitative estimate of drug-likeness (QED) is 0.680. The van der Waals surface area contributed by atoms with Crippen LogP contribution < -0.4 is 9.47 Å². The molecule has 0 radical (unpaired) electrons. The number of aliphatic carboxylic acids is 1. The zero-order valence-corrected chi connectivity index (χ0v) is 13.1. The Bertz CT molecular complexity index is 757. The van der Waals surface area contributed by atoms with E-state index in [1.165, 1.54) is 5.56 Å². The van der Waals surface area contributed by atoms with Crippen LogP contribution in [0.5, 0.6) is 11.5 Å². The van der Waals surface area contributed by atoms with E-state index in [0.717, 1.165) is 5.56 Å². The summed E-state index contributed by atoms with van der Waals surface area (Å²) in [5.41, 5.74) is 2.89. The number of rotatable bonds is 4. The van der Waals surface area contributed by atoms with E-state index >= 15 is 0 Å². The molecule has 1 N–H and O–H groups in total. The average molecular weight is 310 g/mol. The summed E-state index contributed by atoms with van der Waals surface area (Å²) < 4.78 is 10.6. The van der Waals surface area contributed by atoms with Gasteiger partial charge in [-0.05, 0) is 40.8 Å². The van der Waals surface area contributed by atoms with Crippen molar-refractivity contribution in [1.29, 1.82) is 0 Å². The second-order valence-electron chi connectivity index (χ2n) is 5.75. The molecule has 0 spiro atoms. The van der Waals surface area contributed by atoms with Gasteiger partial charge in [0.2, 0.25) is 6.79 Å². The van der Waals surface area contributed by atoms with Crippen molar-refractivity contribution in [3.05, 3.63) is 59.2 Å². The number of hydrogen-bond donors (Lipinski definition) is 1. The molecule has 2 aromatic carbocycles. The SMILES string of the molecule is CC(C)c1ccc(/C=C(\C(=O)O)c2ccc3c(c2)OCO3)cc1. The molecular weight excluding hydrogens is 292 g/mol. The summed E-state index contributed by atoms with van der Waals surface area (Å²) in [4.78, 5) is 11.6. The summed E-state index contributed by atoms with van der Waals surface area (Å²) in [6, 6.07) is 13.1. The molecule has 1 aliphatic rings. The van der Waals surface area contributed by atoms with Crippen molar-refractivity contribution < 1.29 is 19.4 Å². The highest BCUT2D eigenvalue weighted by Crippen LogP contribution is 2.35. The van der Waals surface area contributed by atoms with Gasteiger partial charge in [-0.3, -0.25) is 0 Å². The smallest absolute Gasteiger partial charge is 0.336 e. The van der Waals surface area contributed by atoms with E-state index in [1.54, 1.807) is 24.3 Å². The molecule has 0 saturated carbocycles. The van der Waals surface area contributed by atoms with Crippen LogP contribution in [0.3, 0.4) is 0 Å². The third-order valence-electron chi connectivity index (χ3n) is 3.83. The zero-order chi connectivity index (χ0) is 16.4. The summed E-state index contributed by atoms with van der Waals surface area (Å²) >= 11 is 0. The molecule has 2 aromatic rings. The molecule has 1 heterocycles. The highest BCUT2D eigenvalue weighted by Gasteiger charge is 2.17. The predicted octanol–water partition coefficient (Wildman–Crippen LogP) is 4.16. The molecule has 0 saturated heterocycles. The molecule has 0 amide bonds. The first-order valence-corrected chi connectivity index (χ1v) is 7.49. The minimum absolute atomic E-state index is 0.168. The first kappa shape index (κ1) is 15.2. The Hall–Kier alpha value is -2.75. The zero-order valence-electron chi connectivity index (χ0n) is 13.1. The Morgan fingerprint density at radius 1 is 1.09 bits per heavy atom. The minimum atomic E-state index is -0.975. The second kappa shape index (κ2) is 6.16. The van der Waals surface area contributed by atoms with Crippen molar-refractivity contribution in [3.8, 4) is 11.5 Å². The maximum atomic E-state index is 11.6. The van der Waals surface area contributed by atoms with Gasteiger partial charge in [0, 0.05) is 0 Å². The summed E-state index contributed by atoms with van der Waals surface area (Å²) in [5.74, 6) is 0.683. The number of carbonyl (C=O) groups is 1. The van der Waals surface area contributed by atoms with Crippen molar-refractivity contribution in [3.63, 3.8) is 0 Å². The van der Waals surface area contributed by atoms with Crippen LogP contribution in [0, 0.1) is 0 Å². The molecule has 0 aromatic heterocycles. The fourth-order valence-electron chi connectivity index (χ4n) is 2.48. The van der Waals surface area contributed by atoms with Gasteiger partial charge >= 0.3 is 5.97 Å². The fraction of sp³-hybridized carbons (Fsp3) is 0.211. The lowest BCUT2D eigenvalue weighted by Crippen LogP contribution is -2.00. The lowest BCUT2D eigenvalue weighted by Gasteiger charge is -2.07. The molecule has 4 nitrogen and oxygen atoms in total. The molecule has 0 fully saturated rings. The van der Waals surface area contributed by atoms with Gasteiger partial charge in [0.1, 0.15) is 0 Å². The molecule has 1 aliphatic heterocycles. The molecule has 118 valence electrons. The highest BCUT2D eigenvalue weighted by atomic mass is 16.7. The van der Waals surface area contributed by atoms with Gasteiger partial charge in [-0.2, -0.15) is 0 Å². The molecule has 0 atom stereocenters. The van der Waals surface area contributed by atoms with E-state index in [4.69, 9.17) is 9.47 Å². The number of ether oxygens (including phenoxy) is 2. The van der Waals surface area contributed by atoms with Crippen LogP contribution >= 0.6 is 0 Å². The van der Waals surface area contributed by atoms with Gasteiger partial charge < -0.3 is 14.6 Å². The standard InChI is InChI=1S/C19H18O4/c1-12(2)14-5-3-13(4-6-14)9-16(19(20)21)15-7-8-17-18(10-15)23-11-22-17/h3-10,12H,11H2,1-2H3,(H,20,21)/b16-9-. The van der Waals surface area contributed by atoms with Gasteiger partial charge in [0.05, 0.1) is 5.57 Å². The maximum absolute atomic E-state index is 11.6. The molecule has 0 unspecified atom stereocenters. The third kappa shape index (κ3) is 3.21. The Morgan fingerprint density at radius 2 is 1.78 bits per heavy atom. The summed E-state index contributed by atoms with van der Waals surface area (Å²) in [6.07, 6.45) is 1.67. The summed E-state index contributed by atoms with van der Waals surface area (Å²) in [6.45, 7) is 4.42. The topological polar surface area (TPSA) is 55.8 Å². The third-order valence-corrected chi connectivity index (χ3v) is 3.83. The molecule has 4 heteroatoms. The van der Waals surface area contributed by atoms with Crippen molar-refractivity contribution >= 4 is 17.6 Å². The number of carboxylic acid groups (broad SMARTS) is 1. The number of carboxylic acids is 1. The normalized spacial score (nSPS) is 13.4. The van der Waals surface area contributed by atoms with Crippen molar-refractivity contribution in [2.75, 3.05) is 6.79 Å². The Labute approximate surface area is 135 Å². The Morgan fingerprint density at radius 3 is 2.43 bits per heavy atom. The van der Waals surface area contributed by atoms with E-state index in [0.29, 0.717) is 23.0 Å². The molecule has 3 rings (SSSR count). The van der Waals surface area contributed by atoms with Gasteiger partial charge in [-0.1, -0.05) is 44.2 Å². The Balaban J connectivity index is 1.96. The Kier molecular flexibility index (Phi) is 4.06. The van der Waals surface area contributed by atoms with Crippen molar-refractivity contribution in [2.24, 2.45) is 0 Å². The van der Waals surface area contributed by atoms with E-state index < -0.39 is 5.97 Å². The number of hydrogen-bond acceptors (Lipinski definition) is 3. The van der Waals surface area contributed by atoms with E-state index in [9.17, 15) is 9.90 Å². The van der Waals surface area contributed by atoms with Crippen molar-refractivity contribution in [1.82, 2.24) is 0 Å². The van der Waals surface area contributed by atoms with E-state index in [1.807, 2.05) is 24.3 Å². The van der Waals surface area contributed by atoms with Gasteiger partial charge in [-0.25, -0.2) is 4.79 Å². The largest absolute Gasteiger partial charge is 0.478 e. The van der Waals surface area contributed by atoms with Gasteiger partial charge in [0.25, 0.3) is 0 Å². The molecule has 23 heavy (non-hydrogen) atoms. The average Bonchev–Trinajstić information content (AvgIpc) is 3.00. The van der Waals surface area contributed by atoms with Crippen LogP contribution in [0.4, 0.5) is 0 Å². The number of fused-ring (bicyclic) bond motifs is 1. The van der Waals surface area contributed by atoms with E-state index in [-0.39, 0.29) is 12.4 Å². The molecule has 0 bridgehead atoms. The van der Waals surface area contributed by atoms with Crippen LogP contribution in [0.1, 0.15) is 36.5 Å². The molecule has 0 aliphatic carbocycles. The lowest BCUT2D eigenvalue weighted by atomic mass is 9.99. The first-order valence-electron chi connectivity index (χ1n) is 7.49. The first-order chi connectivity index (χ1) is 11.0. The van der Waals surface area contributed by atoms with Crippen LogP contribution in [0.2, 0.25) is 0 Å².